The van der Waals surface area contributed by atoms with E-state index >= 15 is 0 Å². The minimum atomic E-state index is 0.0585. The summed E-state index contributed by atoms with van der Waals surface area (Å²) >= 11 is 1.27. The Morgan fingerprint density at radius 3 is 2.89 bits per heavy atom. The van der Waals surface area contributed by atoms with Gasteiger partial charge in [0.2, 0.25) is 0 Å². The fourth-order valence-electron chi connectivity index (χ4n) is 2.18. The smallest absolute Gasteiger partial charge is 0.257 e. The monoisotopic (exact) mass is 263 g/mol. The van der Waals surface area contributed by atoms with E-state index in [1.54, 1.807) is 6.07 Å². The van der Waals surface area contributed by atoms with E-state index in [0.717, 1.165) is 25.9 Å². The number of amides is 1. The minimum Gasteiger partial charge on any atom is -0.459 e. The van der Waals surface area contributed by atoms with Crippen molar-refractivity contribution in [1.29, 1.82) is 0 Å². The van der Waals surface area contributed by atoms with Gasteiger partial charge in [0.25, 0.3) is 5.91 Å². The first-order valence-corrected chi connectivity index (χ1v) is 6.76. The Kier molecular flexibility index (Phi) is 2.87. The summed E-state index contributed by atoms with van der Waals surface area (Å²) in [5, 5.41) is 5.76. The number of carbonyl (C=O) groups excluding carboxylic acids is 1. The lowest BCUT2D eigenvalue weighted by atomic mass is 10.2. The molecule has 5 nitrogen and oxygen atoms in total. The molecule has 0 unspecified atom stereocenters. The first-order chi connectivity index (χ1) is 8.75. The van der Waals surface area contributed by atoms with Gasteiger partial charge in [-0.25, -0.2) is 0 Å². The maximum Gasteiger partial charge on any atom is 0.257 e. The van der Waals surface area contributed by atoms with Crippen LogP contribution in [0.5, 0.6) is 0 Å². The SMILES string of the molecule is Cc1oc(-c2csnn2)cc1C(=O)N1CCCC1. The minimum absolute atomic E-state index is 0.0585. The number of rotatable bonds is 2. The third kappa shape index (κ3) is 1.92. The molecule has 0 bridgehead atoms. The van der Waals surface area contributed by atoms with Crippen molar-refractivity contribution >= 4 is 17.4 Å². The van der Waals surface area contributed by atoms with E-state index in [1.165, 1.54) is 11.5 Å². The van der Waals surface area contributed by atoms with Gasteiger partial charge in [0, 0.05) is 18.5 Å². The second kappa shape index (κ2) is 4.53. The number of hydrogen-bond donors (Lipinski definition) is 0. The van der Waals surface area contributed by atoms with E-state index in [-0.39, 0.29) is 5.91 Å². The molecule has 1 saturated heterocycles. The summed E-state index contributed by atoms with van der Waals surface area (Å²) in [7, 11) is 0. The van der Waals surface area contributed by atoms with Crippen LogP contribution in [0.2, 0.25) is 0 Å². The molecule has 1 aliphatic rings. The molecule has 0 saturated carbocycles. The van der Waals surface area contributed by atoms with E-state index in [2.05, 4.69) is 9.59 Å². The molecule has 1 amide bonds. The molecule has 0 atom stereocenters. The number of furan rings is 1. The zero-order valence-electron chi connectivity index (χ0n) is 10.0. The fraction of sp³-hybridized carbons (Fsp3) is 0.417. The Balaban J connectivity index is 1.90. The number of aryl methyl sites for hydroxylation is 1. The van der Waals surface area contributed by atoms with Gasteiger partial charge < -0.3 is 9.32 Å². The molecule has 0 aliphatic carbocycles. The molecule has 0 aromatic carbocycles. The second-order valence-corrected chi connectivity index (χ2v) is 4.98. The highest BCUT2D eigenvalue weighted by Gasteiger charge is 2.24. The number of nitrogens with zero attached hydrogens (tertiary/aromatic N) is 3. The third-order valence-corrected chi connectivity index (χ3v) is 3.66. The number of carbonyl (C=O) groups is 1. The van der Waals surface area contributed by atoms with Gasteiger partial charge in [-0.2, -0.15) is 0 Å². The van der Waals surface area contributed by atoms with Crippen LogP contribution in [0, 0.1) is 6.92 Å². The Morgan fingerprint density at radius 1 is 1.44 bits per heavy atom. The van der Waals surface area contributed by atoms with E-state index in [4.69, 9.17) is 4.42 Å². The molecule has 2 aromatic rings. The Labute approximate surface area is 109 Å². The predicted molar refractivity (Wildman–Crippen MR) is 67.5 cm³/mol. The Bertz CT molecular complexity index is 556. The van der Waals surface area contributed by atoms with Gasteiger partial charge in [-0.3, -0.25) is 4.79 Å². The number of hydrogen-bond acceptors (Lipinski definition) is 5. The van der Waals surface area contributed by atoms with E-state index in [1.807, 2.05) is 17.2 Å². The summed E-state index contributed by atoms with van der Waals surface area (Å²) in [6, 6.07) is 1.77. The Hall–Kier alpha value is -1.69. The quantitative estimate of drug-likeness (QED) is 0.834. The second-order valence-electron chi connectivity index (χ2n) is 4.37. The summed E-state index contributed by atoms with van der Waals surface area (Å²) < 4.78 is 9.39. The highest BCUT2D eigenvalue weighted by atomic mass is 32.1. The molecule has 0 radical (unpaired) electrons. The number of aromatic nitrogens is 2. The topological polar surface area (TPSA) is 59.2 Å². The molecule has 3 heterocycles. The molecular weight excluding hydrogens is 250 g/mol. The van der Waals surface area contributed by atoms with Gasteiger partial charge in [-0.1, -0.05) is 4.49 Å². The van der Waals surface area contributed by atoms with Gasteiger partial charge in [0.15, 0.2) is 5.76 Å². The molecule has 6 heteroatoms. The van der Waals surface area contributed by atoms with Crippen molar-refractivity contribution in [2.75, 3.05) is 13.1 Å². The van der Waals surface area contributed by atoms with Crippen LogP contribution in [0.4, 0.5) is 0 Å². The molecule has 0 N–H and O–H groups in total. The fourth-order valence-corrected chi connectivity index (χ4v) is 2.63. The number of likely N-dealkylation sites (tertiary alicyclic amines) is 1. The molecule has 3 rings (SSSR count). The highest BCUT2D eigenvalue weighted by Crippen LogP contribution is 2.26. The van der Waals surface area contributed by atoms with Crippen molar-refractivity contribution in [1.82, 2.24) is 14.5 Å². The molecule has 18 heavy (non-hydrogen) atoms. The average molecular weight is 263 g/mol. The average Bonchev–Trinajstić information content (AvgIpc) is 3.10. The molecule has 2 aromatic heterocycles. The van der Waals surface area contributed by atoms with Crippen LogP contribution in [0.3, 0.4) is 0 Å². The molecule has 1 aliphatic heterocycles. The lowest BCUT2D eigenvalue weighted by molar-refractivity contribution is 0.0791. The van der Waals surface area contributed by atoms with Crippen LogP contribution in [0.25, 0.3) is 11.5 Å². The largest absolute Gasteiger partial charge is 0.459 e. The van der Waals surface area contributed by atoms with Crippen molar-refractivity contribution in [3.63, 3.8) is 0 Å². The van der Waals surface area contributed by atoms with E-state index in [0.29, 0.717) is 22.8 Å². The molecular formula is C12H13N3O2S. The van der Waals surface area contributed by atoms with Crippen LogP contribution >= 0.6 is 11.5 Å². The summed E-state index contributed by atoms with van der Waals surface area (Å²) in [5.41, 5.74) is 1.32. The standard InChI is InChI=1S/C12H13N3O2S/c1-8-9(12(16)15-4-2-3-5-15)6-11(17-8)10-7-18-14-13-10/h6-7H,2-5H2,1H3. The van der Waals surface area contributed by atoms with E-state index < -0.39 is 0 Å². The summed E-state index contributed by atoms with van der Waals surface area (Å²) in [5.74, 6) is 1.32. The van der Waals surface area contributed by atoms with Crippen molar-refractivity contribution in [3.8, 4) is 11.5 Å². The Morgan fingerprint density at radius 2 is 2.22 bits per heavy atom. The van der Waals surface area contributed by atoms with Crippen molar-refractivity contribution < 1.29 is 9.21 Å². The van der Waals surface area contributed by atoms with Crippen LogP contribution in [0.1, 0.15) is 29.0 Å². The van der Waals surface area contributed by atoms with Crippen molar-refractivity contribution in [2.24, 2.45) is 0 Å². The van der Waals surface area contributed by atoms with Gasteiger partial charge in [-0.05, 0) is 37.4 Å². The molecule has 0 spiro atoms. The van der Waals surface area contributed by atoms with Crippen LogP contribution in [0.15, 0.2) is 15.9 Å². The zero-order chi connectivity index (χ0) is 12.5. The van der Waals surface area contributed by atoms with Gasteiger partial charge >= 0.3 is 0 Å². The lowest BCUT2D eigenvalue weighted by Gasteiger charge is -2.13. The van der Waals surface area contributed by atoms with Crippen LogP contribution in [-0.4, -0.2) is 33.5 Å². The van der Waals surface area contributed by atoms with Gasteiger partial charge in [0.1, 0.15) is 11.5 Å². The maximum atomic E-state index is 12.3. The third-order valence-electron chi connectivity index (χ3n) is 3.15. The summed E-state index contributed by atoms with van der Waals surface area (Å²) in [4.78, 5) is 14.2. The molecule has 94 valence electrons. The first-order valence-electron chi connectivity index (χ1n) is 5.93. The summed E-state index contributed by atoms with van der Waals surface area (Å²) in [6.07, 6.45) is 2.18. The van der Waals surface area contributed by atoms with E-state index in [9.17, 15) is 4.79 Å². The predicted octanol–water partition coefficient (Wildman–Crippen LogP) is 2.34. The zero-order valence-corrected chi connectivity index (χ0v) is 10.9. The van der Waals surface area contributed by atoms with Crippen molar-refractivity contribution in [3.05, 3.63) is 22.8 Å². The van der Waals surface area contributed by atoms with Crippen molar-refractivity contribution in [2.45, 2.75) is 19.8 Å². The van der Waals surface area contributed by atoms with Gasteiger partial charge in [-0.15, -0.1) is 5.10 Å². The summed E-state index contributed by atoms with van der Waals surface area (Å²) in [6.45, 7) is 3.50. The molecule has 1 fully saturated rings. The first kappa shape index (κ1) is 11.4. The lowest BCUT2D eigenvalue weighted by Crippen LogP contribution is -2.27. The maximum absolute atomic E-state index is 12.3. The van der Waals surface area contributed by atoms with Crippen LogP contribution in [-0.2, 0) is 0 Å². The van der Waals surface area contributed by atoms with Gasteiger partial charge in [0.05, 0.1) is 5.56 Å². The normalized spacial score (nSPS) is 15.3. The highest BCUT2D eigenvalue weighted by molar-refractivity contribution is 7.03. The van der Waals surface area contributed by atoms with Crippen LogP contribution < -0.4 is 0 Å².